The van der Waals surface area contributed by atoms with Gasteiger partial charge < -0.3 is 10.6 Å². The van der Waals surface area contributed by atoms with Crippen LogP contribution in [0.2, 0.25) is 0 Å². The van der Waals surface area contributed by atoms with Gasteiger partial charge in [-0.15, -0.1) is 0 Å². The van der Waals surface area contributed by atoms with Crippen LogP contribution in [0.25, 0.3) is 10.8 Å². The minimum atomic E-state index is -4.17. The first kappa shape index (κ1) is 25.9. The van der Waals surface area contributed by atoms with Crippen LogP contribution in [-0.4, -0.2) is 43.2 Å². The molecule has 190 valence electrons. The second-order valence-electron chi connectivity index (χ2n) is 9.59. The van der Waals surface area contributed by atoms with Crippen LogP contribution in [0.1, 0.15) is 55.5 Å². The van der Waals surface area contributed by atoms with Gasteiger partial charge in [-0.25, -0.2) is 12.7 Å². The average Bonchev–Trinajstić information content (AvgIpc) is 2.84. The minimum absolute atomic E-state index is 0.0659. The van der Waals surface area contributed by atoms with Gasteiger partial charge in [-0.3, -0.25) is 9.59 Å². The molecule has 3 aromatic rings. The number of nitrogens with one attached hydrogen (secondary N) is 2. The molecule has 1 heterocycles. The van der Waals surface area contributed by atoms with Crippen molar-refractivity contribution < 1.29 is 18.0 Å². The number of benzene rings is 3. The molecule has 0 aliphatic carbocycles. The molecule has 0 spiro atoms. The molecule has 2 amide bonds. The van der Waals surface area contributed by atoms with Crippen LogP contribution in [0.15, 0.2) is 65.6 Å². The molecule has 3 aromatic carbocycles. The van der Waals surface area contributed by atoms with E-state index < -0.39 is 15.6 Å². The van der Waals surface area contributed by atoms with E-state index in [0.717, 1.165) is 9.87 Å². The highest BCUT2D eigenvalue weighted by Crippen LogP contribution is 2.37. The molecule has 0 unspecified atom stereocenters. The highest BCUT2D eigenvalue weighted by atomic mass is 32.2. The predicted octanol–water partition coefficient (Wildman–Crippen LogP) is 4.86. The van der Waals surface area contributed by atoms with Crippen molar-refractivity contribution in [2.24, 2.45) is 0 Å². The van der Waals surface area contributed by atoms with Crippen LogP contribution in [-0.2, 0) is 14.8 Å². The van der Waals surface area contributed by atoms with Gasteiger partial charge >= 0.3 is 0 Å². The Kier molecular flexibility index (Phi) is 7.47. The van der Waals surface area contributed by atoms with E-state index in [9.17, 15) is 18.0 Å². The third kappa shape index (κ3) is 4.88. The lowest BCUT2D eigenvalue weighted by Crippen LogP contribution is -2.57. The first-order chi connectivity index (χ1) is 17.2. The van der Waals surface area contributed by atoms with Crippen molar-refractivity contribution in [3.63, 3.8) is 0 Å². The summed E-state index contributed by atoms with van der Waals surface area (Å²) in [6.45, 7) is 6.89. The summed E-state index contributed by atoms with van der Waals surface area (Å²) in [5.74, 6) is -0.654. The lowest BCUT2D eigenvalue weighted by Gasteiger charge is -2.43. The predicted molar refractivity (Wildman–Crippen MR) is 143 cm³/mol. The maximum atomic E-state index is 14.2. The summed E-state index contributed by atoms with van der Waals surface area (Å²) in [6, 6.07) is 17.5. The maximum Gasteiger partial charge on any atom is 0.267 e. The van der Waals surface area contributed by atoms with Crippen LogP contribution in [0, 0.1) is 6.92 Å². The molecule has 0 atom stereocenters. The van der Waals surface area contributed by atoms with E-state index in [1.165, 1.54) is 6.07 Å². The number of amides is 2. The number of carbonyl (C=O) groups excluding carboxylic acids is 2. The Morgan fingerprint density at radius 1 is 0.972 bits per heavy atom. The molecule has 1 saturated heterocycles. The van der Waals surface area contributed by atoms with Crippen molar-refractivity contribution >= 4 is 38.3 Å². The van der Waals surface area contributed by atoms with Crippen molar-refractivity contribution in [1.29, 1.82) is 0 Å². The summed E-state index contributed by atoms with van der Waals surface area (Å²) in [4.78, 5) is 26.3. The molecule has 1 fully saturated rings. The van der Waals surface area contributed by atoms with E-state index in [1.807, 2.05) is 32.9 Å². The molecule has 8 heteroatoms. The summed E-state index contributed by atoms with van der Waals surface area (Å²) in [5, 5.41) is 7.26. The second kappa shape index (κ2) is 10.4. The van der Waals surface area contributed by atoms with E-state index in [4.69, 9.17) is 0 Å². The van der Waals surface area contributed by atoms with Crippen LogP contribution in [0.5, 0.6) is 0 Å². The van der Waals surface area contributed by atoms with Crippen LogP contribution in [0.4, 0.5) is 5.69 Å². The number of anilines is 1. The van der Waals surface area contributed by atoms with Gasteiger partial charge in [0.05, 0.1) is 10.4 Å². The number of aryl methyl sites for hydroxylation is 1. The van der Waals surface area contributed by atoms with Crippen molar-refractivity contribution in [3.8, 4) is 0 Å². The van der Waals surface area contributed by atoms with Gasteiger partial charge in [0.1, 0.15) is 0 Å². The maximum absolute atomic E-state index is 14.2. The molecule has 2 N–H and O–H groups in total. The molecule has 0 saturated carbocycles. The molecule has 0 bridgehead atoms. The summed E-state index contributed by atoms with van der Waals surface area (Å²) >= 11 is 0. The quantitative estimate of drug-likeness (QED) is 0.476. The molecule has 1 aliphatic rings. The highest BCUT2D eigenvalue weighted by molar-refractivity contribution is 7.90. The summed E-state index contributed by atoms with van der Waals surface area (Å²) in [5.41, 5.74) is 1.10. The van der Waals surface area contributed by atoms with Crippen LogP contribution in [0.3, 0.4) is 0 Å². The number of carbonyl (C=O) groups is 2. The number of hydrogen-bond acceptors (Lipinski definition) is 5. The van der Waals surface area contributed by atoms with Crippen molar-refractivity contribution in [2.45, 2.75) is 56.9 Å². The number of nitrogens with zero attached hydrogens (tertiary/aromatic N) is 1. The summed E-state index contributed by atoms with van der Waals surface area (Å²) in [6.07, 6.45) is 1.81. The van der Waals surface area contributed by atoms with Crippen LogP contribution >= 0.6 is 0 Å². The molecule has 0 radical (unpaired) electrons. The second-order valence-corrected chi connectivity index (χ2v) is 11.3. The minimum Gasteiger partial charge on any atom is -0.321 e. The van der Waals surface area contributed by atoms with Gasteiger partial charge in [-0.05, 0) is 70.0 Å². The SMILES string of the molecule is CCCC(=O)N(C1(C)CCNCC1)S(=O)(=O)c1ccc(NC(=O)c2ccccc2C)c2ccccc12. The Hall–Kier alpha value is -3.23. The average molecular weight is 508 g/mol. The van der Waals surface area contributed by atoms with Gasteiger partial charge in [0.15, 0.2) is 0 Å². The van der Waals surface area contributed by atoms with E-state index in [2.05, 4.69) is 10.6 Å². The van der Waals surface area contributed by atoms with Gasteiger partial charge in [-0.2, -0.15) is 0 Å². The van der Waals surface area contributed by atoms with Gasteiger partial charge in [0.25, 0.3) is 15.9 Å². The zero-order chi connectivity index (χ0) is 25.9. The van der Waals surface area contributed by atoms with Crippen molar-refractivity contribution in [2.75, 3.05) is 18.4 Å². The largest absolute Gasteiger partial charge is 0.321 e. The van der Waals surface area contributed by atoms with Crippen molar-refractivity contribution in [1.82, 2.24) is 9.62 Å². The normalized spacial score (nSPS) is 15.4. The standard InChI is InChI=1S/C28H33N3O4S/c1-4-9-26(32)31(28(3)16-18-29-19-17-28)36(34,35)25-15-14-24(22-12-7-8-13-23(22)25)30-27(33)21-11-6-5-10-20(21)2/h5-8,10-15,29H,4,9,16-19H2,1-3H3,(H,30,33). The van der Waals surface area contributed by atoms with Crippen LogP contribution < -0.4 is 10.6 Å². The van der Waals surface area contributed by atoms with Gasteiger partial charge in [0.2, 0.25) is 5.91 Å². The fourth-order valence-corrected chi connectivity index (χ4v) is 6.94. The third-order valence-electron chi connectivity index (χ3n) is 6.90. The topological polar surface area (TPSA) is 95.6 Å². The molecule has 0 aromatic heterocycles. The molecule has 36 heavy (non-hydrogen) atoms. The summed E-state index contributed by atoms with van der Waals surface area (Å²) in [7, 11) is -4.17. The van der Waals surface area contributed by atoms with E-state index in [-0.39, 0.29) is 23.1 Å². The zero-order valence-corrected chi connectivity index (χ0v) is 21.8. The van der Waals surface area contributed by atoms with Gasteiger partial charge in [0, 0.05) is 28.4 Å². The Labute approximate surface area is 212 Å². The smallest absolute Gasteiger partial charge is 0.267 e. The molecule has 1 aliphatic heterocycles. The molecular formula is C28H33N3O4S. The first-order valence-electron chi connectivity index (χ1n) is 12.4. The third-order valence-corrected chi connectivity index (χ3v) is 8.94. The Balaban J connectivity index is 1.80. The fraction of sp³-hybridized carbons (Fsp3) is 0.357. The summed E-state index contributed by atoms with van der Waals surface area (Å²) < 4.78 is 29.5. The number of fused-ring (bicyclic) bond motifs is 1. The molecular weight excluding hydrogens is 474 g/mol. The molecule has 7 nitrogen and oxygen atoms in total. The monoisotopic (exact) mass is 507 g/mol. The van der Waals surface area contributed by atoms with E-state index in [1.54, 1.807) is 42.5 Å². The number of rotatable bonds is 7. The van der Waals surface area contributed by atoms with E-state index >= 15 is 0 Å². The zero-order valence-electron chi connectivity index (χ0n) is 21.0. The highest BCUT2D eigenvalue weighted by Gasteiger charge is 2.44. The number of piperidine rings is 1. The lowest BCUT2D eigenvalue weighted by molar-refractivity contribution is -0.130. The Morgan fingerprint density at radius 3 is 2.28 bits per heavy atom. The van der Waals surface area contributed by atoms with E-state index in [0.29, 0.717) is 54.4 Å². The lowest BCUT2D eigenvalue weighted by atomic mass is 9.90. The number of hydrogen-bond donors (Lipinski definition) is 2. The number of sulfonamides is 1. The molecule has 4 rings (SSSR count). The van der Waals surface area contributed by atoms with Gasteiger partial charge in [-0.1, -0.05) is 49.4 Å². The first-order valence-corrected chi connectivity index (χ1v) is 13.8. The Morgan fingerprint density at radius 2 is 1.61 bits per heavy atom. The van der Waals surface area contributed by atoms with Crippen molar-refractivity contribution in [3.05, 3.63) is 71.8 Å². The fourth-order valence-electron chi connectivity index (χ4n) is 4.93. The Bertz CT molecular complexity index is 1390.